The van der Waals surface area contributed by atoms with E-state index >= 15 is 0 Å². The van der Waals surface area contributed by atoms with Crippen LogP contribution in [0.1, 0.15) is 35.4 Å². The SMILES string of the molecule is Cc1ccc2c(=O)cc(C(=O)N3CCCC[C@H](N(C)C)C3)oc2c1. The van der Waals surface area contributed by atoms with Crippen molar-refractivity contribution in [3.63, 3.8) is 0 Å². The van der Waals surface area contributed by atoms with Crippen molar-refractivity contribution in [2.24, 2.45) is 0 Å². The maximum Gasteiger partial charge on any atom is 0.289 e. The van der Waals surface area contributed by atoms with Crippen LogP contribution in [0.3, 0.4) is 0 Å². The van der Waals surface area contributed by atoms with Gasteiger partial charge >= 0.3 is 0 Å². The summed E-state index contributed by atoms with van der Waals surface area (Å²) in [6, 6.07) is 7.09. The van der Waals surface area contributed by atoms with Gasteiger partial charge in [-0.1, -0.05) is 12.5 Å². The van der Waals surface area contributed by atoms with Gasteiger partial charge in [-0.2, -0.15) is 0 Å². The molecule has 1 atom stereocenters. The molecule has 1 aliphatic heterocycles. The van der Waals surface area contributed by atoms with E-state index < -0.39 is 0 Å². The number of hydrogen-bond acceptors (Lipinski definition) is 4. The lowest BCUT2D eigenvalue weighted by Gasteiger charge is -2.28. The molecule has 3 rings (SSSR count). The highest BCUT2D eigenvalue weighted by molar-refractivity contribution is 5.93. The Labute approximate surface area is 141 Å². The number of hydrogen-bond donors (Lipinski definition) is 0. The lowest BCUT2D eigenvalue weighted by Crippen LogP contribution is -2.42. The normalized spacial score (nSPS) is 18.8. The highest BCUT2D eigenvalue weighted by atomic mass is 16.3. The van der Waals surface area contributed by atoms with E-state index in [1.165, 1.54) is 6.07 Å². The average molecular weight is 328 g/mol. The Kier molecular flexibility index (Phi) is 4.71. The van der Waals surface area contributed by atoms with E-state index in [1.54, 1.807) is 12.1 Å². The molecule has 1 aromatic heterocycles. The average Bonchev–Trinajstić information content (AvgIpc) is 2.79. The number of amides is 1. The number of likely N-dealkylation sites (tertiary alicyclic amines) is 1. The summed E-state index contributed by atoms with van der Waals surface area (Å²) in [6.45, 7) is 3.31. The standard InChI is InChI=1S/C19H24N2O3/c1-13-7-8-15-16(22)11-18(24-17(15)10-13)19(23)21-9-5-4-6-14(12-21)20(2)3/h7-8,10-11,14H,4-6,9,12H2,1-3H3/t14-/m0/s1. The molecule has 1 saturated heterocycles. The first-order valence-corrected chi connectivity index (χ1v) is 8.46. The minimum absolute atomic E-state index is 0.137. The molecular formula is C19H24N2O3. The zero-order chi connectivity index (χ0) is 17.3. The van der Waals surface area contributed by atoms with Gasteiger partial charge in [-0.25, -0.2) is 0 Å². The molecule has 24 heavy (non-hydrogen) atoms. The number of likely N-dealkylation sites (N-methyl/N-ethyl adjacent to an activating group) is 1. The lowest BCUT2D eigenvalue weighted by molar-refractivity contribution is 0.0694. The third-order valence-corrected chi connectivity index (χ3v) is 4.76. The molecule has 0 radical (unpaired) electrons. The minimum atomic E-state index is -0.191. The van der Waals surface area contributed by atoms with Crippen molar-refractivity contribution in [1.29, 1.82) is 0 Å². The molecular weight excluding hydrogens is 304 g/mol. The van der Waals surface area contributed by atoms with Crippen molar-refractivity contribution >= 4 is 16.9 Å². The van der Waals surface area contributed by atoms with E-state index in [2.05, 4.69) is 4.90 Å². The molecule has 0 unspecified atom stereocenters. The molecule has 2 heterocycles. The van der Waals surface area contributed by atoms with Gasteiger partial charge in [0, 0.05) is 25.2 Å². The van der Waals surface area contributed by atoms with Gasteiger partial charge < -0.3 is 14.2 Å². The van der Waals surface area contributed by atoms with Crippen LogP contribution in [0.15, 0.2) is 33.5 Å². The summed E-state index contributed by atoms with van der Waals surface area (Å²) in [5.41, 5.74) is 1.31. The van der Waals surface area contributed by atoms with Crippen LogP contribution < -0.4 is 5.43 Å². The third kappa shape index (κ3) is 3.36. The van der Waals surface area contributed by atoms with Crippen molar-refractivity contribution in [2.75, 3.05) is 27.2 Å². The number of aryl methyl sites for hydroxylation is 1. The smallest absolute Gasteiger partial charge is 0.289 e. The number of nitrogens with zero attached hydrogens (tertiary/aromatic N) is 2. The highest BCUT2D eigenvalue weighted by Gasteiger charge is 2.26. The predicted molar refractivity (Wildman–Crippen MR) is 94.5 cm³/mol. The van der Waals surface area contributed by atoms with Crippen LogP contribution in [-0.2, 0) is 0 Å². The van der Waals surface area contributed by atoms with Crippen LogP contribution in [0.2, 0.25) is 0 Å². The molecule has 1 fully saturated rings. The number of fused-ring (bicyclic) bond motifs is 1. The van der Waals surface area contributed by atoms with Gasteiger partial charge in [-0.15, -0.1) is 0 Å². The van der Waals surface area contributed by atoms with E-state index in [1.807, 2.05) is 32.0 Å². The van der Waals surface area contributed by atoms with E-state index in [9.17, 15) is 9.59 Å². The van der Waals surface area contributed by atoms with Gasteiger partial charge in [0.2, 0.25) is 0 Å². The van der Waals surface area contributed by atoms with E-state index in [4.69, 9.17) is 4.42 Å². The third-order valence-electron chi connectivity index (χ3n) is 4.76. The second-order valence-electron chi connectivity index (χ2n) is 6.84. The summed E-state index contributed by atoms with van der Waals surface area (Å²) in [6.07, 6.45) is 3.16. The fraction of sp³-hybridized carbons (Fsp3) is 0.474. The molecule has 0 spiro atoms. The first-order chi connectivity index (χ1) is 11.5. The predicted octanol–water partition coefficient (Wildman–Crippen LogP) is 2.66. The molecule has 0 bridgehead atoms. The summed E-state index contributed by atoms with van der Waals surface area (Å²) in [5.74, 6) is -0.0539. The lowest BCUT2D eigenvalue weighted by atomic mass is 10.1. The Hall–Kier alpha value is -2.14. The zero-order valence-electron chi connectivity index (χ0n) is 14.5. The summed E-state index contributed by atoms with van der Waals surface area (Å²) in [7, 11) is 4.08. The molecule has 1 aromatic carbocycles. The van der Waals surface area contributed by atoms with Crippen LogP contribution in [0.4, 0.5) is 0 Å². The van der Waals surface area contributed by atoms with Crippen LogP contribution in [0, 0.1) is 6.92 Å². The van der Waals surface area contributed by atoms with Crippen molar-refractivity contribution in [2.45, 2.75) is 32.2 Å². The number of rotatable bonds is 2. The fourth-order valence-corrected chi connectivity index (χ4v) is 3.25. The largest absolute Gasteiger partial charge is 0.451 e. The Morgan fingerprint density at radius 2 is 2.04 bits per heavy atom. The Balaban J connectivity index is 1.94. The topological polar surface area (TPSA) is 53.8 Å². The van der Waals surface area contributed by atoms with E-state index in [-0.39, 0.29) is 17.1 Å². The molecule has 0 saturated carbocycles. The Morgan fingerprint density at radius 1 is 1.25 bits per heavy atom. The first-order valence-electron chi connectivity index (χ1n) is 8.46. The first kappa shape index (κ1) is 16.7. The van der Waals surface area contributed by atoms with Gasteiger partial charge in [0.1, 0.15) is 5.58 Å². The summed E-state index contributed by atoms with van der Waals surface area (Å²) in [4.78, 5) is 29.2. The Bertz CT molecular complexity index is 810. The van der Waals surface area contributed by atoms with Gasteiger partial charge in [0.05, 0.1) is 5.39 Å². The summed E-state index contributed by atoms with van der Waals surface area (Å²) >= 11 is 0. The molecule has 2 aromatic rings. The van der Waals surface area contributed by atoms with E-state index in [0.29, 0.717) is 30.1 Å². The van der Waals surface area contributed by atoms with Gasteiger partial charge in [-0.3, -0.25) is 9.59 Å². The molecule has 0 N–H and O–H groups in total. The van der Waals surface area contributed by atoms with Crippen molar-refractivity contribution in [3.05, 3.63) is 45.8 Å². The summed E-state index contributed by atoms with van der Waals surface area (Å²) in [5, 5.41) is 0.513. The zero-order valence-corrected chi connectivity index (χ0v) is 14.5. The van der Waals surface area contributed by atoms with Crippen LogP contribution >= 0.6 is 0 Å². The maximum atomic E-state index is 12.9. The molecule has 1 amide bonds. The van der Waals surface area contributed by atoms with E-state index in [0.717, 1.165) is 24.8 Å². The van der Waals surface area contributed by atoms with Crippen molar-refractivity contribution in [3.8, 4) is 0 Å². The minimum Gasteiger partial charge on any atom is -0.451 e. The molecule has 0 aliphatic carbocycles. The molecule has 128 valence electrons. The monoisotopic (exact) mass is 328 g/mol. The Morgan fingerprint density at radius 3 is 2.79 bits per heavy atom. The van der Waals surface area contributed by atoms with Crippen LogP contribution in [0.5, 0.6) is 0 Å². The van der Waals surface area contributed by atoms with Gasteiger partial charge in [0.15, 0.2) is 11.2 Å². The van der Waals surface area contributed by atoms with Gasteiger partial charge in [-0.05, 0) is 51.6 Å². The molecule has 5 heteroatoms. The summed E-state index contributed by atoms with van der Waals surface area (Å²) < 4.78 is 5.77. The van der Waals surface area contributed by atoms with Gasteiger partial charge in [0.25, 0.3) is 5.91 Å². The second-order valence-corrected chi connectivity index (χ2v) is 6.84. The van der Waals surface area contributed by atoms with Crippen molar-refractivity contribution in [1.82, 2.24) is 9.80 Å². The maximum absolute atomic E-state index is 12.9. The van der Waals surface area contributed by atoms with Crippen LogP contribution in [-0.4, -0.2) is 48.9 Å². The number of carbonyl (C=O) groups excluding carboxylic acids is 1. The number of benzene rings is 1. The number of carbonyl (C=O) groups is 1. The molecule has 5 nitrogen and oxygen atoms in total. The second kappa shape index (κ2) is 6.77. The van der Waals surface area contributed by atoms with Crippen molar-refractivity contribution < 1.29 is 9.21 Å². The van der Waals surface area contributed by atoms with Crippen LogP contribution in [0.25, 0.3) is 11.0 Å². The quantitative estimate of drug-likeness (QED) is 0.850. The molecule has 1 aliphatic rings. The highest BCUT2D eigenvalue weighted by Crippen LogP contribution is 2.19. The fourth-order valence-electron chi connectivity index (χ4n) is 3.25.